The number of benzene rings is 4. The van der Waals surface area contributed by atoms with Crippen LogP contribution in [0.15, 0.2) is 121 Å². The van der Waals surface area contributed by atoms with Crippen LogP contribution < -0.4 is 5.19 Å². The van der Waals surface area contributed by atoms with Gasteiger partial charge in [0.15, 0.2) is 5.41 Å². The summed E-state index contributed by atoms with van der Waals surface area (Å²) in [4.78, 5) is 26.5. The van der Waals surface area contributed by atoms with E-state index >= 15 is 0 Å². The van der Waals surface area contributed by atoms with Crippen LogP contribution in [0.4, 0.5) is 0 Å². The van der Waals surface area contributed by atoms with Crippen LogP contribution in [0.25, 0.3) is 10.8 Å². The predicted molar refractivity (Wildman–Crippen MR) is 128 cm³/mol. The zero-order chi connectivity index (χ0) is 21.3. The minimum absolute atomic E-state index is 0.0809. The lowest BCUT2D eigenvalue weighted by Gasteiger charge is -2.23. The van der Waals surface area contributed by atoms with Crippen LogP contribution >= 0.6 is 0 Å². The van der Waals surface area contributed by atoms with Crippen LogP contribution in [0.1, 0.15) is 22.6 Å². The lowest BCUT2D eigenvalue weighted by molar-refractivity contribution is -0.113. The average molecular weight is 419 g/mol. The largest absolute Gasteiger partial charge is 0.419 e. The second-order valence-electron chi connectivity index (χ2n) is 7.81. The highest BCUT2D eigenvalue weighted by molar-refractivity contribution is 7.24. The molecule has 0 radical (unpaired) electrons. The maximum absolute atomic E-state index is 14.2. The number of allylic oxidation sites excluding steroid dienone is 1. The van der Waals surface area contributed by atoms with Gasteiger partial charge in [0.25, 0.3) is 0 Å². The van der Waals surface area contributed by atoms with Crippen LogP contribution in [0.2, 0.25) is 0 Å². The van der Waals surface area contributed by atoms with Gasteiger partial charge in [0, 0.05) is 0 Å². The molecule has 0 saturated heterocycles. The van der Waals surface area contributed by atoms with Crippen LogP contribution in [0.3, 0.4) is 0 Å². The van der Waals surface area contributed by atoms with Gasteiger partial charge in [-0.2, -0.15) is 0 Å². The minimum Gasteiger partial charge on any atom is -0.419 e. The molecule has 2 nitrogen and oxygen atoms in total. The van der Waals surface area contributed by atoms with Crippen LogP contribution in [0.5, 0.6) is 0 Å². The normalized spacial score (nSPS) is 20.8. The molecule has 3 heteroatoms. The summed E-state index contributed by atoms with van der Waals surface area (Å²) in [5.74, 6) is -0.504. The summed E-state index contributed by atoms with van der Waals surface area (Å²) in [6.45, 7) is 0. The van der Waals surface area contributed by atoms with Crippen LogP contribution in [-0.4, -0.2) is 18.5 Å². The van der Waals surface area contributed by atoms with E-state index in [0.717, 1.165) is 32.6 Å². The molecule has 1 N–H and O–H groups in total. The zero-order valence-electron chi connectivity index (χ0n) is 17.0. The lowest BCUT2D eigenvalue weighted by Crippen LogP contribution is -2.55. The molecule has 2 unspecified atom stereocenters. The lowest BCUT2D eigenvalue weighted by atomic mass is 9.86. The smallest absolute Gasteiger partial charge is 0.327 e. The van der Waals surface area contributed by atoms with E-state index in [1.807, 2.05) is 121 Å². The molecule has 0 saturated carbocycles. The maximum atomic E-state index is 14.2. The number of hydrogen-bond donors (Lipinski definition) is 1. The molecule has 5 rings (SSSR count). The highest BCUT2D eigenvalue weighted by atomic mass is 28.4. The summed E-state index contributed by atoms with van der Waals surface area (Å²) >= 11 is 0. The number of hydrogen-bond acceptors (Lipinski definition) is 2. The van der Waals surface area contributed by atoms with Crippen molar-refractivity contribution in [1.82, 2.24) is 0 Å². The molecule has 0 amide bonds. The van der Waals surface area contributed by atoms with Crippen molar-refractivity contribution in [3.8, 4) is 0 Å². The Morgan fingerprint density at radius 2 is 1.03 bits per heavy atom. The first-order valence-electron chi connectivity index (χ1n) is 10.4. The van der Waals surface area contributed by atoms with Crippen molar-refractivity contribution in [1.29, 1.82) is 0 Å². The predicted octanol–water partition coefficient (Wildman–Crippen LogP) is 4.89. The van der Waals surface area contributed by atoms with Gasteiger partial charge in [-0.1, -0.05) is 121 Å². The van der Waals surface area contributed by atoms with Gasteiger partial charge in [-0.15, -0.1) is 0 Å². The summed E-state index contributed by atoms with van der Waals surface area (Å²) in [7, 11) is -3.69. The summed E-state index contributed by atoms with van der Waals surface area (Å²) in [6.07, 6.45) is 0. The molecule has 1 aliphatic heterocycles. The van der Waals surface area contributed by atoms with Gasteiger partial charge in [0.1, 0.15) is 0 Å². The fourth-order valence-electron chi connectivity index (χ4n) is 4.63. The number of carbonyl (C=O) groups excluding carboxylic acids is 1. The third-order valence-electron chi connectivity index (χ3n) is 6.01. The SMILES string of the molecule is O=C1C(c2ccccc2)C(c2ccccc2)=C(c2ccccc2)[Si]1(O)c1ccccc1. The van der Waals surface area contributed by atoms with Crippen molar-refractivity contribution < 1.29 is 9.59 Å². The van der Waals surface area contributed by atoms with E-state index in [4.69, 9.17) is 0 Å². The first kappa shape index (κ1) is 19.4. The third-order valence-corrected chi connectivity index (χ3v) is 9.46. The Balaban J connectivity index is 1.89. The Morgan fingerprint density at radius 1 is 0.581 bits per heavy atom. The second kappa shape index (κ2) is 7.95. The minimum atomic E-state index is -3.69. The number of rotatable bonds is 4. The topological polar surface area (TPSA) is 37.3 Å². The first-order valence-corrected chi connectivity index (χ1v) is 12.4. The van der Waals surface area contributed by atoms with Gasteiger partial charge < -0.3 is 9.59 Å². The van der Waals surface area contributed by atoms with Gasteiger partial charge in [0.2, 0.25) is 0 Å². The molecular formula is C28H22O2Si. The van der Waals surface area contributed by atoms with Crippen molar-refractivity contribution in [2.45, 2.75) is 5.92 Å². The molecule has 0 aliphatic carbocycles. The molecular weight excluding hydrogens is 396 g/mol. The van der Waals surface area contributed by atoms with Gasteiger partial charge in [0.05, 0.1) is 5.92 Å². The van der Waals surface area contributed by atoms with E-state index in [1.165, 1.54) is 0 Å². The monoisotopic (exact) mass is 418 g/mol. The molecule has 1 aliphatic rings. The van der Waals surface area contributed by atoms with Gasteiger partial charge in [-0.05, 0) is 32.6 Å². The molecule has 0 aromatic heterocycles. The summed E-state index contributed by atoms with van der Waals surface area (Å²) < 4.78 is 0. The molecule has 0 bridgehead atoms. The fourth-order valence-corrected chi connectivity index (χ4v) is 8.12. The summed E-state index contributed by atoms with van der Waals surface area (Å²) in [5, 5.41) is 1.44. The summed E-state index contributed by atoms with van der Waals surface area (Å²) in [5.41, 5.74) is 3.72. The molecule has 150 valence electrons. The Bertz CT molecular complexity index is 1240. The first-order chi connectivity index (χ1) is 15.2. The van der Waals surface area contributed by atoms with E-state index < -0.39 is 14.2 Å². The Kier molecular flexibility index (Phi) is 4.98. The average Bonchev–Trinajstić information content (AvgIpc) is 3.09. The maximum Gasteiger partial charge on any atom is 0.327 e. The highest BCUT2D eigenvalue weighted by Gasteiger charge is 2.57. The van der Waals surface area contributed by atoms with Gasteiger partial charge in [-0.3, -0.25) is 0 Å². The molecule has 4 aromatic rings. The highest BCUT2D eigenvalue weighted by Crippen LogP contribution is 2.49. The van der Waals surface area contributed by atoms with Crippen molar-refractivity contribution in [3.63, 3.8) is 0 Å². The molecule has 4 aromatic carbocycles. The van der Waals surface area contributed by atoms with Crippen molar-refractivity contribution >= 4 is 29.7 Å². The van der Waals surface area contributed by atoms with Gasteiger partial charge >= 0.3 is 8.32 Å². The van der Waals surface area contributed by atoms with Crippen LogP contribution in [0, 0.1) is 0 Å². The molecule has 0 spiro atoms. The number of carbonyl (C=O) groups is 1. The standard InChI is InChI=1S/C28H22O2Si/c29-28-26(22-15-7-2-8-16-22)25(21-13-5-1-6-14-21)27(23-17-9-3-10-18-23)31(28,30)24-19-11-4-12-20-24/h1-20,26,30H. The van der Waals surface area contributed by atoms with Gasteiger partial charge in [-0.25, -0.2) is 0 Å². The zero-order valence-corrected chi connectivity index (χ0v) is 18.0. The molecule has 0 fully saturated rings. The Morgan fingerprint density at radius 3 is 1.58 bits per heavy atom. The Labute approximate surface area is 183 Å². The molecule has 2 atom stereocenters. The van der Waals surface area contributed by atoms with E-state index in [2.05, 4.69) is 0 Å². The quantitative estimate of drug-likeness (QED) is 0.479. The van der Waals surface area contributed by atoms with E-state index in [1.54, 1.807) is 0 Å². The van der Waals surface area contributed by atoms with Crippen LogP contribution in [-0.2, 0) is 4.79 Å². The molecule has 31 heavy (non-hydrogen) atoms. The summed E-state index contributed by atoms with van der Waals surface area (Å²) in [6, 6.07) is 39.2. The molecule has 1 heterocycles. The van der Waals surface area contributed by atoms with Crippen molar-refractivity contribution in [2.24, 2.45) is 0 Å². The fraction of sp³-hybridized carbons (Fsp3) is 0.0357. The second-order valence-corrected chi connectivity index (χ2v) is 10.8. The van der Waals surface area contributed by atoms with Crippen molar-refractivity contribution in [2.75, 3.05) is 0 Å². The van der Waals surface area contributed by atoms with Crippen molar-refractivity contribution in [3.05, 3.63) is 138 Å². The van der Waals surface area contributed by atoms with E-state index in [0.29, 0.717) is 0 Å². The van der Waals surface area contributed by atoms with E-state index in [-0.39, 0.29) is 5.41 Å². The Hall–Kier alpha value is -3.53. The van der Waals surface area contributed by atoms with E-state index in [9.17, 15) is 9.59 Å². The third kappa shape index (κ3) is 3.19.